The molecule has 0 unspecified atom stereocenters. The zero-order valence-corrected chi connectivity index (χ0v) is 17.4. The number of ether oxygens (including phenoxy) is 1. The molecule has 7 nitrogen and oxygen atoms in total. The number of nitrogens with one attached hydrogen (secondary N) is 1. The Labute approximate surface area is 172 Å². The number of rotatable bonds is 9. The normalized spacial score (nSPS) is 16.4. The third-order valence-electron chi connectivity index (χ3n) is 4.69. The van der Waals surface area contributed by atoms with Crippen LogP contribution in [0.25, 0.3) is 0 Å². The molecule has 2 N–H and O–H groups in total. The zero-order chi connectivity index (χ0) is 20.1. The van der Waals surface area contributed by atoms with E-state index >= 15 is 0 Å². The monoisotopic (exact) mass is 421 g/mol. The van der Waals surface area contributed by atoms with Gasteiger partial charge in [0.05, 0.1) is 7.11 Å². The van der Waals surface area contributed by atoms with Gasteiger partial charge in [0.15, 0.2) is 10.0 Å². The van der Waals surface area contributed by atoms with E-state index in [9.17, 15) is 9.59 Å². The number of amides is 1. The second-order valence-corrected chi connectivity index (χ2v) is 8.69. The topological polar surface area (TPSA) is 91.8 Å². The van der Waals surface area contributed by atoms with E-state index in [1.807, 2.05) is 30.0 Å². The minimum absolute atomic E-state index is 0.0699. The molecule has 2 heterocycles. The lowest BCUT2D eigenvalue weighted by atomic mass is 10.1. The quantitative estimate of drug-likeness (QED) is 0.600. The molecule has 28 heavy (non-hydrogen) atoms. The first-order valence-corrected chi connectivity index (χ1v) is 10.8. The van der Waals surface area contributed by atoms with Crippen molar-refractivity contribution in [2.24, 2.45) is 0 Å². The van der Waals surface area contributed by atoms with E-state index in [1.54, 1.807) is 7.11 Å². The van der Waals surface area contributed by atoms with Gasteiger partial charge in [0.1, 0.15) is 5.75 Å². The number of hydrogen-bond donors (Lipinski definition) is 2. The molecule has 1 atom stereocenters. The largest absolute Gasteiger partial charge is 0.497 e. The molecule has 1 aromatic heterocycles. The van der Waals surface area contributed by atoms with Crippen molar-refractivity contribution in [3.8, 4) is 5.75 Å². The average Bonchev–Trinajstić information content (AvgIpc) is 3.29. The van der Waals surface area contributed by atoms with Crippen molar-refractivity contribution in [1.82, 2.24) is 9.88 Å². The predicted molar refractivity (Wildman–Crippen MR) is 111 cm³/mol. The Morgan fingerprint density at radius 3 is 3.04 bits per heavy atom. The summed E-state index contributed by atoms with van der Waals surface area (Å²) in [5.74, 6) is 0.637. The Morgan fingerprint density at radius 2 is 2.32 bits per heavy atom. The predicted octanol–water partition coefficient (Wildman–Crippen LogP) is 3.35. The zero-order valence-electron chi connectivity index (χ0n) is 15.8. The van der Waals surface area contributed by atoms with Crippen molar-refractivity contribution in [3.05, 3.63) is 34.8 Å². The van der Waals surface area contributed by atoms with Crippen LogP contribution in [0.2, 0.25) is 0 Å². The van der Waals surface area contributed by atoms with Crippen LogP contribution in [0.5, 0.6) is 5.75 Å². The number of anilines is 1. The third-order valence-corrected chi connectivity index (χ3v) is 6.69. The number of likely N-dealkylation sites (tertiary alicyclic amines) is 1. The van der Waals surface area contributed by atoms with Gasteiger partial charge in [0, 0.05) is 48.4 Å². The number of thioether (sulfide) groups is 1. The molecule has 1 saturated heterocycles. The molecule has 0 radical (unpaired) electrons. The van der Waals surface area contributed by atoms with Crippen LogP contribution in [0.3, 0.4) is 0 Å². The highest BCUT2D eigenvalue weighted by Crippen LogP contribution is 2.26. The molecule has 1 aromatic carbocycles. The standard InChI is InChI=1S/C19H23N3O4S2/c1-12-3-5-14(26-2)9-15(12)20-10-13-4-6-17(23)22(13)7-8-27-19-21-16(11-28-19)18(24)25/h3,5,9,11,13,20H,4,6-8,10H2,1-2H3,(H,24,25)/t13-/m1/s1. The second-order valence-electron chi connectivity index (χ2n) is 6.49. The molecule has 0 aliphatic carbocycles. The number of aromatic nitrogens is 1. The summed E-state index contributed by atoms with van der Waals surface area (Å²) in [7, 11) is 1.64. The molecule has 0 bridgehead atoms. The van der Waals surface area contributed by atoms with Crippen LogP contribution >= 0.6 is 23.1 Å². The maximum Gasteiger partial charge on any atom is 0.355 e. The van der Waals surface area contributed by atoms with Gasteiger partial charge in [0.2, 0.25) is 5.91 Å². The lowest BCUT2D eigenvalue weighted by Crippen LogP contribution is -2.39. The van der Waals surface area contributed by atoms with E-state index in [2.05, 4.69) is 10.3 Å². The number of benzene rings is 1. The highest BCUT2D eigenvalue weighted by Gasteiger charge is 2.30. The highest BCUT2D eigenvalue weighted by atomic mass is 32.2. The van der Waals surface area contributed by atoms with Gasteiger partial charge < -0.3 is 20.1 Å². The Morgan fingerprint density at radius 1 is 1.50 bits per heavy atom. The van der Waals surface area contributed by atoms with Crippen LogP contribution in [-0.4, -0.2) is 58.9 Å². The minimum atomic E-state index is -1.02. The van der Waals surface area contributed by atoms with E-state index in [4.69, 9.17) is 9.84 Å². The lowest BCUT2D eigenvalue weighted by molar-refractivity contribution is -0.128. The van der Waals surface area contributed by atoms with Crippen LogP contribution in [-0.2, 0) is 4.79 Å². The summed E-state index contributed by atoms with van der Waals surface area (Å²) in [5.41, 5.74) is 2.21. The average molecular weight is 422 g/mol. The molecule has 9 heteroatoms. The number of carboxylic acids is 1. The molecule has 1 aliphatic rings. The number of aromatic carboxylic acids is 1. The number of carboxylic acid groups (broad SMARTS) is 1. The summed E-state index contributed by atoms with van der Waals surface area (Å²) < 4.78 is 6.00. The van der Waals surface area contributed by atoms with Crippen LogP contribution in [0, 0.1) is 6.92 Å². The van der Waals surface area contributed by atoms with Crippen LogP contribution in [0.15, 0.2) is 27.9 Å². The lowest BCUT2D eigenvalue weighted by Gasteiger charge is -2.25. The van der Waals surface area contributed by atoms with Crippen LogP contribution in [0.1, 0.15) is 28.9 Å². The van der Waals surface area contributed by atoms with E-state index in [0.29, 0.717) is 29.6 Å². The number of carbonyl (C=O) groups is 2. The van der Waals surface area contributed by atoms with Crippen molar-refractivity contribution in [1.29, 1.82) is 0 Å². The van der Waals surface area contributed by atoms with Gasteiger partial charge in [-0.3, -0.25) is 4.79 Å². The molecule has 2 aromatic rings. The molecule has 3 rings (SSSR count). The molecule has 1 amide bonds. The van der Waals surface area contributed by atoms with E-state index in [-0.39, 0.29) is 17.6 Å². The summed E-state index contributed by atoms with van der Waals surface area (Å²) in [5, 5.41) is 13.9. The molecule has 1 aliphatic heterocycles. The molecule has 0 saturated carbocycles. The first kappa shape index (κ1) is 20.5. The van der Waals surface area contributed by atoms with Gasteiger partial charge in [-0.2, -0.15) is 0 Å². The summed E-state index contributed by atoms with van der Waals surface area (Å²) >= 11 is 2.80. The fraction of sp³-hybridized carbons (Fsp3) is 0.421. The molecule has 1 fully saturated rings. The van der Waals surface area contributed by atoms with Crippen LogP contribution < -0.4 is 10.1 Å². The van der Waals surface area contributed by atoms with E-state index in [1.165, 1.54) is 28.5 Å². The second kappa shape index (κ2) is 9.29. The number of nitrogens with zero attached hydrogens (tertiary/aromatic N) is 2. The number of carbonyl (C=O) groups excluding carboxylic acids is 1. The first-order chi connectivity index (χ1) is 13.5. The van der Waals surface area contributed by atoms with Crippen molar-refractivity contribution >= 4 is 40.7 Å². The Kier molecular flexibility index (Phi) is 6.79. The SMILES string of the molecule is COc1ccc(C)c(NC[C@H]2CCC(=O)N2CCSc2nc(C(=O)O)cs2)c1. The van der Waals surface area contributed by atoms with Crippen molar-refractivity contribution in [3.63, 3.8) is 0 Å². The van der Waals surface area contributed by atoms with Gasteiger partial charge in [-0.1, -0.05) is 17.8 Å². The number of hydrogen-bond acceptors (Lipinski definition) is 7. The van der Waals surface area contributed by atoms with E-state index < -0.39 is 5.97 Å². The summed E-state index contributed by atoms with van der Waals surface area (Å²) in [6.07, 6.45) is 1.40. The van der Waals surface area contributed by atoms with Crippen molar-refractivity contribution in [2.45, 2.75) is 30.1 Å². The highest BCUT2D eigenvalue weighted by molar-refractivity contribution is 8.01. The Balaban J connectivity index is 1.53. The van der Waals surface area contributed by atoms with Crippen LogP contribution in [0.4, 0.5) is 5.69 Å². The Bertz CT molecular complexity index is 855. The summed E-state index contributed by atoms with van der Waals surface area (Å²) in [4.78, 5) is 29.2. The minimum Gasteiger partial charge on any atom is -0.497 e. The van der Waals surface area contributed by atoms with Crippen molar-refractivity contribution < 1.29 is 19.4 Å². The first-order valence-electron chi connectivity index (χ1n) is 8.97. The molecule has 150 valence electrons. The van der Waals surface area contributed by atoms with Gasteiger partial charge in [0.25, 0.3) is 0 Å². The fourth-order valence-corrected chi connectivity index (χ4v) is 4.92. The summed E-state index contributed by atoms with van der Waals surface area (Å²) in [6, 6.07) is 6.05. The smallest absolute Gasteiger partial charge is 0.355 e. The Hall–Kier alpha value is -2.26. The molecular weight excluding hydrogens is 398 g/mol. The summed E-state index contributed by atoms with van der Waals surface area (Å²) in [6.45, 7) is 3.34. The van der Waals surface area contributed by atoms with Gasteiger partial charge in [-0.15, -0.1) is 11.3 Å². The number of thiazole rings is 1. The molecule has 0 spiro atoms. The van der Waals surface area contributed by atoms with Gasteiger partial charge >= 0.3 is 5.97 Å². The van der Waals surface area contributed by atoms with E-state index in [0.717, 1.165) is 23.4 Å². The maximum atomic E-state index is 12.3. The van der Waals surface area contributed by atoms with Crippen molar-refractivity contribution in [2.75, 3.05) is 31.3 Å². The van der Waals surface area contributed by atoms with Gasteiger partial charge in [-0.05, 0) is 25.0 Å². The van der Waals surface area contributed by atoms with Gasteiger partial charge in [-0.25, -0.2) is 9.78 Å². The number of aryl methyl sites for hydroxylation is 1. The third kappa shape index (κ3) is 4.96. The fourth-order valence-electron chi connectivity index (χ4n) is 3.11. The molecular formula is C19H23N3O4S2. The maximum absolute atomic E-state index is 12.3. The number of methoxy groups -OCH3 is 1.